The molecule has 1 aliphatic heterocycles. The molecular weight excluding hydrogens is 302 g/mol. The number of thioether (sulfide) groups is 1. The number of fused-ring (bicyclic) bond motifs is 2. The van der Waals surface area contributed by atoms with Crippen LogP contribution >= 0.6 is 11.8 Å². The molecule has 2 aromatic heterocycles. The molecule has 1 aromatic carbocycles. The first-order valence-electron chi connectivity index (χ1n) is 7.82. The largest absolute Gasteiger partial charge is 0.366 e. The normalized spacial score (nSPS) is 14.3. The Morgan fingerprint density at radius 3 is 2.91 bits per heavy atom. The highest BCUT2D eigenvalue weighted by Crippen LogP contribution is 2.34. The minimum atomic E-state index is 0.780. The van der Waals surface area contributed by atoms with Gasteiger partial charge in [0.25, 0.3) is 0 Å². The molecule has 0 amide bonds. The predicted octanol–water partition coefficient (Wildman–Crippen LogP) is 4.31. The van der Waals surface area contributed by atoms with Gasteiger partial charge in [-0.15, -0.1) is 11.8 Å². The minimum Gasteiger partial charge on any atom is -0.366 e. The summed E-state index contributed by atoms with van der Waals surface area (Å²) in [6.07, 6.45) is 5.26. The van der Waals surface area contributed by atoms with Crippen molar-refractivity contribution >= 4 is 23.0 Å². The molecule has 0 bridgehead atoms. The lowest BCUT2D eigenvalue weighted by Gasteiger charge is -2.24. The van der Waals surface area contributed by atoms with Gasteiger partial charge < -0.3 is 9.30 Å². The Hall–Kier alpha value is -2.38. The van der Waals surface area contributed by atoms with Crippen molar-refractivity contribution < 1.29 is 0 Å². The van der Waals surface area contributed by atoms with Crippen molar-refractivity contribution in [2.75, 3.05) is 17.2 Å². The number of para-hydroxylation sites is 1. The van der Waals surface area contributed by atoms with Gasteiger partial charge in [0.05, 0.1) is 16.8 Å². The summed E-state index contributed by atoms with van der Waals surface area (Å²) in [5.41, 5.74) is 4.16. The van der Waals surface area contributed by atoms with Gasteiger partial charge in [-0.05, 0) is 36.4 Å². The molecule has 0 aliphatic carbocycles. The van der Waals surface area contributed by atoms with Gasteiger partial charge in [0.1, 0.15) is 6.07 Å². The fraction of sp³-hybridized carbons (Fsp3) is 0.211. The smallest absolute Gasteiger partial charge is 0.102 e. The maximum absolute atomic E-state index is 9.60. The van der Waals surface area contributed by atoms with E-state index in [0.29, 0.717) is 0 Å². The van der Waals surface area contributed by atoms with Gasteiger partial charge >= 0.3 is 0 Å². The summed E-state index contributed by atoms with van der Waals surface area (Å²) in [6, 6.07) is 17.0. The SMILES string of the molecule is N#Cc1c(CN2CCCSc3ccccc32)cn2ccccc12. The first kappa shape index (κ1) is 14.2. The summed E-state index contributed by atoms with van der Waals surface area (Å²) in [4.78, 5) is 3.75. The van der Waals surface area contributed by atoms with Gasteiger partial charge in [-0.3, -0.25) is 0 Å². The summed E-state index contributed by atoms with van der Waals surface area (Å²) in [5, 5.41) is 9.60. The third-order valence-corrected chi connectivity index (χ3v) is 5.42. The number of hydrogen-bond acceptors (Lipinski definition) is 3. The molecule has 114 valence electrons. The maximum Gasteiger partial charge on any atom is 0.102 e. The molecule has 0 N–H and O–H groups in total. The van der Waals surface area contributed by atoms with Crippen molar-refractivity contribution in [3.63, 3.8) is 0 Å². The fourth-order valence-electron chi connectivity index (χ4n) is 3.19. The number of aromatic nitrogens is 1. The second-order valence-electron chi connectivity index (χ2n) is 5.73. The van der Waals surface area contributed by atoms with E-state index >= 15 is 0 Å². The monoisotopic (exact) mass is 319 g/mol. The van der Waals surface area contributed by atoms with Crippen LogP contribution in [0.5, 0.6) is 0 Å². The van der Waals surface area contributed by atoms with Gasteiger partial charge in [-0.25, -0.2) is 0 Å². The van der Waals surface area contributed by atoms with E-state index in [-0.39, 0.29) is 0 Å². The molecule has 0 fully saturated rings. The molecular formula is C19H17N3S. The lowest BCUT2D eigenvalue weighted by molar-refractivity contribution is 0.771. The van der Waals surface area contributed by atoms with E-state index in [9.17, 15) is 5.26 Å². The summed E-state index contributed by atoms with van der Waals surface area (Å²) in [5.74, 6) is 1.15. The van der Waals surface area contributed by atoms with E-state index in [4.69, 9.17) is 0 Å². The Labute approximate surface area is 140 Å². The van der Waals surface area contributed by atoms with Crippen LogP contribution in [0, 0.1) is 11.3 Å². The van der Waals surface area contributed by atoms with Crippen LogP contribution in [0.4, 0.5) is 5.69 Å². The average molecular weight is 319 g/mol. The zero-order chi connectivity index (χ0) is 15.6. The molecule has 4 heteroatoms. The molecule has 0 saturated carbocycles. The van der Waals surface area contributed by atoms with Crippen molar-refractivity contribution in [2.24, 2.45) is 0 Å². The Morgan fingerprint density at radius 1 is 1.13 bits per heavy atom. The quantitative estimate of drug-likeness (QED) is 0.705. The third-order valence-electron chi connectivity index (χ3n) is 4.27. The molecule has 23 heavy (non-hydrogen) atoms. The van der Waals surface area contributed by atoms with Crippen LogP contribution < -0.4 is 4.90 Å². The Morgan fingerprint density at radius 2 is 2.00 bits per heavy atom. The minimum absolute atomic E-state index is 0.780. The second-order valence-corrected chi connectivity index (χ2v) is 6.86. The first-order valence-corrected chi connectivity index (χ1v) is 8.81. The molecule has 3 nitrogen and oxygen atoms in total. The molecule has 0 spiro atoms. The molecule has 1 aliphatic rings. The van der Waals surface area contributed by atoms with Crippen LogP contribution in [0.15, 0.2) is 59.8 Å². The highest BCUT2D eigenvalue weighted by molar-refractivity contribution is 7.99. The molecule has 4 rings (SSSR count). The standard InChI is InChI=1S/C19H17N3S/c20-12-16-15(13-21-9-4-3-6-17(16)21)14-22-10-5-11-23-19-8-2-1-7-18(19)22/h1-4,6-9,13H,5,10-11,14H2. The van der Waals surface area contributed by atoms with E-state index < -0.39 is 0 Å². The van der Waals surface area contributed by atoms with Gasteiger partial charge in [0.2, 0.25) is 0 Å². The van der Waals surface area contributed by atoms with E-state index in [1.54, 1.807) is 0 Å². The molecule has 0 radical (unpaired) electrons. The molecule has 0 atom stereocenters. The summed E-state index contributed by atoms with van der Waals surface area (Å²) >= 11 is 1.93. The van der Waals surface area contributed by atoms with Crippen LogP contribution in [-0.2, 0) is 6.54 Å². The van der Waals surface area contributed by atoms with Crippen LogP contribution in [0.25, 0.3) is 5.52 Å². The maximum atomic E-state index is 9.60. The van der Waals surface area contributed by atoms with Gasteiger partial charge in [-0.2, -0.15) is 5.26 Å². The Bertz CT molecular complexity index is 891. The van der Waals surface area contributed by atoms with Crippen LogP contribution in [-0.4, -0.2) is 16.7 Å². The van der Waals surface area contributed by atoms with Crippen molar-refractivity contribution in [3.05, 3.63) is 66.0 Å². The van der Waals surface area contributed by atoms with Gasteiger partial charge in [-0.1, -0.05) is 18.2 Å². The number of nitriles is 1. The highest BCUT2D eigenvalue weighted by Gasteiger charge is 2.18. The Balaban J connectivity index is 1.75. The number of pyridine rings is 1. The number of nitrogens with zero attached hydrogens (tertiary/aromatic N) is 3. The summed E-state index contributed by atoms with van der Waals surface area (Å²) in [6.45, 7) is 1.81. The van der Waals surface area contributed by atoms with E-state index in [1.165, 1.54) is 10.6 Å². The van der Waals surface area contributed by atoms with Crippen LogP contribution in [0.3, 0.4) is 0 Å². The van der Waals surface area contributed by atoms with Crippen molar-refractivity contribution in [1.29, 1.82) is 5.26 Å². The summed E-state index contributed by atoms with van der Waals surface area (Å²) < 4.78 is 2.05. The van der Waals surface area contributed by atoms with Crippen molar-refractivity contribution in [3.8, 4) is 6.07 Å². The Kier molecular flexibility index (Phi) is 3.72. The second kappa shape index (κ2) is 6.02. The number of rotatable bonds is 2. The van der Waals surface area contributed by atoms with E-state index in [0.717, 1.165) is 41.9 Å². The van der Waals surface area contributed by atoms with E-state index in [1.807, 2.05) is 40.6 Å². The highest BCUT2D eigenvalue weighted by atomic mass is 32.2. The van der Waals surface area contributed by atoms with Gasteiger partial charge in [0.15, 0.2) is 0 Å². The topological polar surface area (TPSA) is 31.4 Å². The molecule has 0 unspecified atom stereocenters. The fourth-order valence-corrected chi connectivity index (χ4v) is 4.21. The first-order chi connectivity index (χ1) is 11.4. The van der Waals surface area contributed by atoms with Gasteiger partial charge in [0, 0.05) is 35.9 Å². The molecule has 0 saturated heterocycles. The van der Waals surface area contributed by atoms with Crippen LogP contribution in [0.1, 0.15) is 17.5 Å². The van der Waals surface area contributed by atoms with E-state index in [2.05, 4.69) is 41.4 Å². The number of hydrogen-bond donors (Lipinski definition) is 0. The summed E-state index contributed by atoms with van der Waals surface area (Å²) in [7, 11) is 0. The zero-order valence-corrected chi connectivity index (χ0v) is 13.6. The predicted molar refractivity (Wildman–Crippen MR) is 94.9 cm³/mol. The van der Waals surface area contributed by atoms with Crippen molar-refractivity contribution in [2.45, 2.75) is 17.9 Å². The third kappa shape index (κ3) is 2.58. The molecule has 3 aromatic rings. The zero-order valence-electron chi connectivity index (χ0n) is 12.8. The average Bonchev–Trinajstić information content (AvgIpc) is 2.82. The molecule has 3 heterocycles. The number of anilines is 1. The lowest BCUT2D eigenvalue weighted by atomic mass is 10.1. The number of benzene rings is 1. The van der Waals surface area contributed by atoms with Crippen molar-refractivity contribution in [1.82, 2.24) is 4.40 Å². The lowest BCUT2D eigenvalue weighted by Crippen LogP contribution is -2.23. The van der Waals surface area contributed by atoms with Crippen LogP contribution in [0.2, 0.25) is 0 Å².